The highest BCUT2D eigenvalue weighted by atomic mass is 16.5. The van der Waals surface area contributed by atoms with Gasteiger partial charge in [0.25, 0.3) is 5.91 Å². The molecular weight excluding hydrogens is 280 g/mol. The van der Waals surface area contributed by atoms with Gasteiger partial charge >= 0.3 is 5.97 Å². The van der Waals surface area contributed by atoms with Crippen molar-refractivity contribution in [1.29, 1.82) is 0 Å². The number of carbonyl (C=O) groups excluding carboxylic acids is 2. The molecule has 1 aromatic rings. The van der Waals surface area contributed by atoms with Crippen molar-refractivity contribution in [2.75, 3.05) is 18.9 Å². The van der Waals surface area contributed by atoms with Gasteiger partial charge in [-0.15, -0.1) is 0 Å². The zero-order chi connectivity index (χ0) is 16.1. The summed E-state index contributed by atoms with van der Waals surface area (Å²) < 4.78 is 5.13. The Labute approximate surface area is 130 Å². The molecule has 5 heteroatoms. The molecule has 0 heterocycles. The second-order valence-electron chi connectivity index (χ2n) is 5.34. The lowest BCUT2D eigenvalue weighted by Crippen LogP contribution is -2.33. The van der Waals surface area contributed by atoms with Gasteiger partial charge in [-0.3, -0.25) is 4.79 Å². The number of ether oxygens (including phenoxy) is 1. The standard InChI is InChI=1S/C17H22N2O3/c1-3-19(13-8-4-5-9-13)15(20)11-22-17(21)14-10-6-7-12(2)16(14)18/h6-8,10H,3-5,9,11,18H2,1-2H3. The average molecular weight is 302 g/mol. The summed E-state index contributed by atoms with van der Waals surface area (Å²) in [6.07, 6.45) is 5.04. The summed E-state index contributed by atoms with van der Waals surface area (Å²) in [4.78, 5) is 26.0. The smallest absolute Gasteiger partial charge is 0.340 e. The molecule has 118 valence electrons. The number of hydrogen-bond acceptors (Lipinski definition) is 4. The van der Waals surface area contributed by atoms with Crippen LogP contribution in [0.25, 0.3) is 0 Å². The SMILES string of the molecule is CCN(C(=O)COC(=O)c1cccc(C)c1N)C1=CCCC1. The van der Waals surface area contributed by atoms with Crippen molar-refractivity contribution in [3.63, 3.8) is 0 Å². The Morgan fingerprint density at radius 3 is 2.77 bits per heavy atom. The van der Waals surface area contributed by atoms with E-state index >= 15 is 0 Å². The number of rotatable bonds is 5. The molecule has 0 radical (unpaired) electrons. The number of aryl methyl sites for hydroxylation is 1. The van der Waals surface area contributed by atoms with Crippen LogP contribution in [-0.4, -0.2) is 29.9 Å². The van der Waals surface area contributed by atoms with Crippen LogP contribution in [0.3, 0.4) is 0 Å². The van der Waals surface area contributed by atoms with Crippen molar-refractivity contribution in [2.45, 2.75) is 33.1 Å². The first-order valence-electron chi connectivity index (χ1n) is 7.56. The first-order valence-corrected chi connectivity index (χ1v) is 7.56. The molecule has 1 aliphatic carbocycles. The second-order valence-corrected chi connectivity index (χ2v) is 5.34. The van der Waals surface area contributed by atoms with E-state index in [-0.39, 0.29) is 12.5 Å². The van der Waals surface area contributed by atoms with E-state index in [9.17, 15) is 9.59 Å². The van der Waals surface area contributed by atoms with Crippen LogP contribution in [0.5, 0.6) is 0 Å². The lowest BCUT2D eigenvalue weighted by molar-refractivity contribution is -0.132. The summed E-state index contributed by atoms with van der Waals surface area (Å²) in [5.74, 6) is -0.763. The summed E-state index contributed by atoms with van der Waals surface area (Å²) >= 11 is 0. The molecule has 0 spiro atoms. The number of para-hydroxylation sites is 1. The first kappa shape index (κ1) is 16.1. The van der Waals surface area contributed by atoms with E-state index in [4.69, 9.17) is 10.5 Å². The maximum absolute atomic E-state index is 12.2. The van der Waals surface area contributed by atoms with Crippen LogP contribution < -0.4 is 5.73 Å². The molecule has 5 nitrogen and oxygen atoms in total. The number of anilines is 1. The number of hydrogen-bond donors (Lipinski definition) is 1. The van der Waals surface area contributed by atoms with E-state index in [0.29, 0.717) is 17.8 Å². The van der Waals surface area contributed by atoms with Crippen molar-refractivity contribution in [3.8, 4) is 0 Å². The second kappa shape index (κ2) is 7.11. The summed E-state index contributed by atoms with van der Waals surface area (Å²) in [6.45, 7) is 4.05. The van der Waals surface area contributed by atoms with Gasteiger partial charge in [0.1, 0.15) is 0 Å². The van der Waals surface area contributed by atoms with E-state index in [1.807, 2.05) is 19.9 Å². The lowest BCUT2D eigenvalue weighted by Gasteiger charge is -2.22. The van der Waals surface area contributed by atoms with Crippen molar-refractivity contribution >= 4 is 17.6 Å². The predicted octanol–water partition coefficient (Wildman–Crippen LogP) is 2.65. The summed E-state index contributed by atoms with van der Waals surface area (Å²) in [5, 5.41) is 0. The van der Waals surface area contributed by atoms with Crippen LogP contribution in [0.15, 0.2) is 30.0 Å². The molecule has 0 aliphatic heterocycles. The van der Waals surface area contributed by atoms with Crippen molar-refractivity contribution in [1.82, 2.24) is 4.90 Å². The van der Waals surface area contributed by atoms with E-state index in [2.05, 4.69) is 6.08 Å². The van der Waals surface area contributed by atoms with Crippen LogP contribution in [0.1, 0.15) is 42.1 Å². The molecule has 0 saturated carbocycles. The molecule has 1 aromatic carbocycles. The van der Waals surface area contributed by atoms with Crippen molar-refractivity contribution in [2.24, 2.45) is 0 Å². The maximum atomic E-state index is 12.2. The van der Waals surface area contributed by atoms with E-state index < -0.39 is 5.97 Å². The van der Waals surface area contributed by atoms with Crippen LogP contribution in [0.4, 0.5) is 5.69 Å². The Kier molecular flexibility index (Phi) is 5.20. The molecule has 2 rings (SSSR count). The molecule has 2 N–H and O–H groups in total. The quantitative estimate of drug-likeness (QED) is 0.670. The minimum Gasteiger partial charge on any atom is -0.452 e. The maximum Gasteiger partial charge on any atom is 0.340 e. The van der Waals surface area contributed by atoms with Gasteiger partial charge in [-0.25, -0.2) is 4.79 Å². The molecule has 0 unspecified atom stereocenters. The number of nitrogens with two attached hydrogens (primary N) is 1. The van der Waals surface area contributed by atoms with Gasteiger partial charge in [-0.05, 0) is 44.7 Å². The fraction of sp³-hybridized carbons (Fsp3) is 0.412. The molecule has 22 heavy (non-hydrogen) atoms. The number of likely N-dealkylation sites (N-methyl/N-ethyl adjacent to an activating group) is 1. The number of nitrogen functional groups attached to an aromatic ring is 1. The number of allylic oxidation sites excluding steroid dienone is 2. The topological polar surface area (TPSA) is 72.6 Å². The fourth-order valence-corrected chi connectivity index (χ4v) is 2.58. The van der Waals surface area contributed by atoms with Crippen LogP contribution in [0.2, 0.25) is 0 Å². The van der Waals surface area contributed by atoms with Gasteiger partial charge in [0.05, 0.1) is 5.56 Å². The molecule has 1 aliphatic rings. The third-order valence-corrected chi connectivity index (χ3v) is 3.85. The fourth-order valence-electron chi connectivity index (χ4n) is 2.58. The minimum absolute atomic E-state index is 0.199. The van der Waals surface area contributed by atoms with E-state index in [1.54, 1.807) is 17.0 Å². The molecule has 0 bridgehead atoms. The van der Waals surface area contributed by atoms with Crippen molar-refractivity contribution < 1.29 is 14.3 Å². The Morgan fingerprint density at radius 2 is 2.14 bits per heavy atom. The number of nitrogens with zero attached hydrogens (tertiary/aromatic N) is 1. The zero-order valence-corrected chi connectivity index (χ0v) is 13.1. The molecule has 1 amide bonds. The predicted molar refractivity (Wildman–Crippen MR) is 85.2 cm³/mol. The van der Waals surface area contributed by atoms with Crippen LogP contribution in [0, 0.1) is 6.92 Å². The Bertz CT molecular complexity index is 608. The van der Waals surface area contributed by atoms with Crippen LogP contribution in [-0.2, 0) is 9.53 Å². The molecule has 0 atom stereocenters. The van der Waals surface area contributed by atoms with Gasteiger partial charge in [0, 0.05) is 17.9 Å². The Morgan fingerprint density at radius 1 is 1.36 bits per heavy atom. The zero-order valence-electron chi connectivity index (χ0n) is 13.1. The Hall–Kier alpha value is -2.30. The molecular formula is C17H22N2O3. The number of esters is 1. The van der Waals surface area contributed by atoms with E-state index in [1.165, 1.54) is 0 Å². The highest BCUT2D eigenvalue weighted by Crippen LogP contribution is 2.22. The molecule has 0 fully saturated rings. The molecule has 0 saturated heterocycles. The van der Waals surface area contributed by atoms with Gasteiger partial charge in [-0.2, -0.15) is 0 Å². The normalized spacial score (nSPS) is 13.6. The summed E-state index contributed by atoms with van der Waals surface area (Å²) in [6, 6.07) is 5.17. The highest BCUT2D eigenvalue weighted by molar-refractivity contribution is 5.97. The van der Waals surface area contributed by atoms with Gasteiger partial charge in [-0.1, -0.05) is 18.2 Å². The van der Waals surface area contributed by atoms with Crippen molar-refractivity contribution in [3.05, 3.63) is 41.1 Å². The number of benzene rings is 1. The lowest BCUT2D eigenvalue weighted by atomic mass is 10.1. The minimum atomic E-state index is -0.564. The summed E-state index contributed by atoms with van der Waals surface area (Å²) in [5.41, 5.74) is 8.40. The van der Waals surface area contributed by atoms with Gasteiger partial charge in [0.2, 0.25) is 0 Å². The average Bonchev–Trinajstić information content (AvgIpc) is 3.02. The summed E-state index contributed by atoms with van der Waals surface area (Å²) in [7, 11) is 0. The van der Waals surface area contributed by atoms with Crippen LogP contribution >= 0.6 is 0 Å². The monoisotopic (exact) mass is 302 g/mol. The Balaban J connectivity index is 1.98. The third-order valence-electron chi connectivity index (χ3n) is 3.85. The number of amides is 1. The van der Waals surface area contributed by atoms with E-state index in [0.717, 1.165) is 30.5 Å². The first-order chi connectivity index (χ1) is 10.5. The van der Waals surface area contributed by atoms with Gasteiger partial charge < -0.3 is 15.4 Å². The highest BCUT2D eigenvalue weighted by Gasteiger charge is 2.21. The largest absolute Gasteiger partial charge is 0.452 e. The molecule has 0 aromatic heterocycles. The van der Waals surface area contributed by atoms with Gasteiger partial charge in [0.15, 0.2) is 6.61 Å². The third kappa shape index (κ3) is 3.47. The number of carbonyl (C=O) groups is 2.